The molecule has 0 spiro atoms. The molecule has 1 heterocycles. The summed E-state index contributed by atoms with van der Waals surface area (Å²) in [7, 11) is 0. The molecule has 1 amide bonds. The third kappa shape index (κ3) is 4.96. The van der Waals surface area contributed by atoms with Crippen molar-refractivity contribution in [3.63, 3.8) is 0 Å². The minimum absolute atomic E-state index is 0.000697. The van der Waals surface area contributed by atoms with Crippen LogP contribution in [0.5, 0.6) is 0 Å². The molecule has 21 heavy (non-hydrogen) atoms. The first-order valence-electron chi connectivity index (χ1n) is 8.89. The Morgan fingerprint density at radius 3 is 2.81 bits per heavy atom. The molecule has 3 N–H and O–H groups in total. The van der Waals surface area contributed by atoms with Crippen molar-refractivity contribution in [2.75, 3.05) is 13.2 Å². The number of hydrogen-bond acceptors (Lipinski definition) is 3. The Bertz CT molecular complexity index is 316. The number of amides is 1. The molecule has 0 aromatic heterocycles. The maximum Gasteiger partial charge on any atom is 0.237 e. The lowest BCUT2D eigenvalue weighted by molar-refractivity contribution is -0.124. The van der Waals surface area contributed by atoms with Gasteiger partial charge in [-0.1, -0.05) is 26.2 Å². The zero-order chi connectivity index (χ0) is 15.1. The van der Waals surface area contributed by atoms with Gasteiger partial charge in [0.05, 0.1) is 6.04 Å². The molecule has 4 unspecified atom stereocenters. The fourth-order valence-corrected chi connectivity index (χ4v) is 4.01. The average molecular weight is 296 g/mol. The second-order valence-electron chi connectivity index (χ2n) is 6.86. The molecule has 0 radical (unpaired) electrons. The topological polar surface area (TPSA) is 61.4 Å². The Hall–Kier alpha value is -0.610. The van der Waals surface area contributed by atoms with Crippen molar-refractivity contribution >= 4 is 5.91 Å². The van der Waals surface area contributed by atoms with Gasteiger partial charge >= 0.3 is 0 Å². The molecule has 0 aromatic carbocycles. The zero-order valence-corrected chi connectivity index (χ0v) is 13.4. The standard InChI is InChI=1S/C17H32N2O2/c1-2-5-13(10-11-20)12-18-17(21)16-9-8-14-6-3-4-7-15(14)19-16/h13-16,19-20H,2-12H2,1H3,(H,18,21). The fourth-order valence-electron chi connectivity index (χ4n) is 4.01. The van der Waals surface area contributed by atoms with E-state index in [1.54, 1.807) is 0 Å². The Balaban J connectivity index is 1.75. The number of rotatable bonds is 7. The van der Waals surface area contributed by atoms with Gasteiger partial charge in [0.15, 0.2) is 0 Å². The lowest BCUT2D eigenvalue weighted by Gasteiger charge is -2.40. The third-order valence-corrected chi connectivity index (χ3v) is 5.27. The molecule has 1 saturated carbocycles. The van der Waals surface area contributed by atoms with Crippen molar-refractivity contribution in [1.29, 1.82) is 0 Å². The van der Waals surface area contributed by atoms with Gasteiger partial charge in [0.25, 0.3) is 0 Å². The van der Waals surface area contributed by atoms with Crippen LogP contribution in [0.2, 0.25) is 0 Å². The number of carbonyl (C=O) groups is 1. The fraction of sp³-hybridized carbons (Fsp3) is 0.941. The first-order chi connectivity index (χ1) is 10.2. The van der Waals surface area contributed by atoms with Gasteiger partial charge in [-0.2, -0.15) is 0 Å². The molecule has 1 aliphatic heterocycles. The Morgan fingerprint density at radius 1 is 1.24 bits per heavy atom. The summed E-state index contributed by atoms with van der Waals surface area (Å²) in [5, 5.41) is 15.8. The second kappa shape index (κ2) is 8.74. The van der Waals surface area contributed by atoms with E-state index in [1.807, 2.05) is 0 Å². The summed E-state index contributed by atoms with van der Waals surface area (Å²) in [6.45, 7) is 3.07. The van der Waals surface area contributed by atoms with E-state index in [9.17, 15) is 4.79 Å². The lowest BCUT2D eigenvalue weighted by Crippen LogP contribution is -2.55. The van der Waals surface area contributed by atoms with Crippen LogP contribution in [-0.2, 0) is 4.79 Å². The highest BCUT2D eigenvalue weighted by Gasteiger charge is 2.34. The summed E-state index contributed by atoms with van der Waals surface area (Å²) in [6, 6.07) is 0.563. The van der Waals surface area contributed by atoms with Gasteiger partial charge in [-0.05, 0) is 50.4 Å². The number of fused-ring (bicyclic) bond motifs is 1. The van der Waals surface area contributed by atoms with Crippen molar-refractivity contribution in [1.82, 2.24) is 10.6 Å². The molecular weight excluding hydrogens is 264 g/mol. The summed E-state index contributed by atoms with van der Waals surface area (Å²) < 4.78 is 0. The van der Waals surface area contributed by atoms with Crippen molar-refractivity contribution in [3.05, 3.63) is 0 Å². The predicted molar refractivity (Wildman–Crippen MR) is 85.0 cm³/mol. The van der Waals surface area contributed by atoms with Gasteiger partial charge in [0.2, 0.25) is 5.91 Å². The van der Waals surface area contributed by atoms with Crippen LogP contribution in [-0.4, -0.2) is 36.2 Å². The van der Waals surface area contributed by atoms with Gasteiger partial charge in [0.1, 0.15) is 0 Å². The molecule has 4 nitrogen and oxygen atoms in total. The highest BCUT2D eigenvalue weighted by Crippen LogP contribution is 2.32. The van der Waals surface area contributed by atoms with Crippen LogP contribution in [0.4, 0.5) is 0 Å². The van der Waals surface area contributed by atoms with Gasteiger partial charge in [-0.25, -0.2) is 0 Å². The molecule has 122 valence electrons. The van der Waals surface area contributed by atoms with Crippen LogP contribution in [0.1, 0.15) is 64.7 Å². The molecule has 0 aromatic rings. The summed E-state index contributed by atoms with van der Waals surface area (Å²) >= 11 is 0. The largest absolute Gasteiger partial charge is 0.396 e. The Kier molecular flexibility index (Phi) is 6.97. The number of carbonyl (C=O) groups excluding carboxylic acids is 1. The summed E-state index contributed by atoms with van der Waals surface area (Å²) in [5.74, 6) is 1.37. The Labute approximate surface area is 129 Å². The van der Waals surface area contributed by atoms with Crippen molar-refractivity contribution in [2.24, 2.45) is 11.8 Å². The quantitative estimate of drug-likeness (QED) is 0.675. The molecule has 0 bridgehead atoms. The van der Waals surface area contributed by atoms with Gasteiger partial charge < -0.3 is 15.7 Å². The van der Waals surface area contributed by atoms with E-state index in [0.29, 0.717) is 18.5 Å². The first-order valence-corrected chi connectivity index (χ1v) is 8.89. The van der Waals surface area contributed by atoms with Crippen LogP contribution in [0.25, 0.3) is 0 Å². The summed E-state index contributed by atoms with van der Waals surface area (Å²) in [4.78, 5) is 12.3. The van der Waals surface area contributed by atoms with E-state index in [-0.39, 0.29) is 18.6 Å². The van der Waals surface area contributed by atoms with E-state index in [4.69, 9.17) is 5.11 Å². The smallest absolute Gasteiger partial charge is 0.237 e. The number of nitrogens with one attached hydrogen (secondary N) is 2. The summed E-state index contributed by atoms with van der Waals surface area (Å²) in [5.41, 5.74) is 0. The molecule has 2 aliphatic rings. The minimum Gasteiger partial charge on any atom is -0.396 e. The van der Waals surface area contributed by atoms with Crippen molar-refractivity contribution in [2.45, 2.75) is 76.8 Å². The minimum atomic E-state index is 0.000697. The molecule has 1 aliphatic carbocycles. The van der Waals surface area contributed by atoms with Crippen molar-refractivity contribution < 1.29 is 9.90 Å². The van der Waals surface area contributed by atoms with Crippen LogP contribution in [0, 0.1) is 11.8 Å². The highest BCUT2D eigenvalue weighted by atomic mass is 16.3. The van der Waals surface area contributed by atoms with Gasteiger partial charge in [0, 0.05) is 19.2 Å². The number of piperidine rings is 1. The van der Waals surface area contributed by atoms with Crippen LogP contribution in [0.3, 0.4) is 0 Å². The highest BCUT2D eigenvalue weighted by molar-refractivity contribution is 5.81. The number of aliphatic hydroxyl groups is 1. The molecule has 2 rings (SSSR count). The molecule has 4 heteroatoms. The van der Waals surface area contributed by atoms with Crippen LogP contribution < -0.4 is 10.6 Å². The van der Waals surface area contributed by atoms with E-state index in [1.165, 1.54) is 32.1 Å². The molecule has 1 saturated heterocycles. The van der Waals surface area contributed by atoms with Gasteiger partial charge in [-0.15, -0.1) is 0 Å². The molecule has 4 atom stereocenters. The maximum absolute atomic E-state index is 12.3. The van der Waals surface area contributed by atoms with E-state index >= 15 is 0 Å². The number of aliphatic hydroxyl groups excluding tert-OH is 1. The monoisotopic (exact) mass is 296 g/mol. The average Bonchev–Trinajstić information content (AvgIpc) is 2.52. The molecule has 2 fully saturated rings. The maximum atomic E-state index is 12.3. The lowest BCUT2D eigenvalue weighted by atomic mass is 9.77. The van der Waals surface area contributed by atoms with Crippen molar-refractivity contribution in [3.8, 4) is 0 Å². The first kappa shape index (κ1) is 16.8. The van der Waals surface area contributed by atoms with E-state index in [0.717, 1.165) is 31.6 Å². The van der Waals surface area contributed by atoms with Gasteiger partial charge in [-0.3, -0.25) is 4.79 Å². The Morgan fingerprint density at radius 2 is 2.05 bits per heavy atom. The zero-order valence-electron chi connectivity index (χ0n) is 13.4. The van der Waals surface area contributed by atoms with Crippen LogP contribution >= 0.6 is 0 Å². The normalized spacial score (nSPS) is 30.5. The summed E-state index contributed by atoms with van der Waals surface area (Å²) in [6.07, 6.45) is 10.4. The van der Waals surface area contributed by atoms with E-state index < -0.39 is 0 Å². The molecular formula is C17H32N2O2. The van der Waals surface area contributed by atoms with E-state index in [2.05, 4.69) is 17.6 Å². The predicted octanol–water partition coefficient (Wildman–Crippen LogP) is 2.21. The van der Waals surface area contributed by atoms with Crippen LogP contribution in [0.15, 0.2) is 0 Å². The number of hydrogen-bond donors (Lipinski definition) is 3. The third-order valence-electron chi connectivity index (χ3n) is 5.27. The second-order valence-corrected chi connectivity index (χ2v) is 6.86. The SMILES string of the molecule is CCCC(CCO)CNC(=O)C1CCC2CCCCC2N1.